The number of aliphatic hydroxyl groups excluding tert-OH is 2. The van der Waals surface area contributed by atoms with Crippen LogP contribution in [0.2, 0.25) is 0 Å². The Balaban J connectivity index is 4.29. The van der Waals surface area contributed by atoms with E-state index in [-0.39, 0.29) is 19.4 Å². The zero-order chi connectivity index (χ0) is 39.1. The molecule has 0 bridgehead atoms. The van der Waals surface area contributed by atoms with Crippen LogP contribution in [-0.2, 0) is 32.7 Å². The van der Waals surface area contributed by atoms with Crippen molar-refractivity contribution in [2.24, 2.45) is 0 Å². The summed E-state index contributed by atoms with van der Waals surface area (Å²) in [6.45, 7) is 2.34. The summed E-state index contributed by atoms with van der Waals surface area (Å²) in [6, 6.07) is 0. The molecule has 0 heterocycles. The molecule has 3 N–H and O–H groups in total. The molecule has 0 aliphatic carbocycles. The summed E-state index contributed by atoms with van der Waals surface area (Å²) in [4.78, 5) is 34.9. The van der Waals surface area contributed by atoms with Gasteiger partial charge < -0.3 is 24.6 Å². The minimum absolute atomic E-state index is 0.179. The van der Waals surface area contributed by atoms with Gasteiger partial charge in [0.2, 0.25) is 0 Å². The molecular weight excluding hydrogens is 695 g/mol. The van der Waals surface area contributed by atoms with Gasteiger partial charge in [0.05, 0.1) is 19.8 Å². The summed E-state index contributed by atoms with van der Waals surface area (Å²) in [6.07, 6.45) is 37.1. The Labute approximate surface area is 323 Å². The molecule has 0 aliphatic rings. The molecule has 0 saturated carbocycles. The molecule has 3 atom stereocenters. The van der Waals surface area contributed by atoms with Crippen LogP contribution in [0.1, 0.15) is 194 Å². The fourth-order valence-corrected chi connectivity index (χ4v) is 6.54. The van der Waals surface area contributed by atoms with Crippen LogP contribution in [0.3, 0.4) is 0 Å². The maximum Gasteiger partial charge on any atom is 0.472 e. The summed E-state index contributed by atoms with van der Waals surface area (Å²) in [5.41, 5.74) is 0. The van der Waals surface area contributed by atoms with E-state index < -0.39 is 51.8 Å². The van der Waals surface area contributed by atoms with Crippen LogP contribution in [0, 0.1) is 0 Å². The number of aliphatic hydroxyl groups is 2. The Hall–Kier alpha value is -1.55. The minimum atomic E-state index is -4.61. The molecule has 3 unspecified atom stereocenters. The van der Waals surface area contributed by atoms with E-state index >= 15 is 0 Å². The maximum atomic E-state index is 12.6. The molecule has 0 aliphatic heterocycles. The number of ether oxygens (including phenoxy) is 2. The zero-order valence-corrected chi connectivity index (χ0v) is 34.6. The second kappa shape index (κ2) is 38.7. The summed E-state index contributed by atoms with van der Waals surface area (Å²) < 4.78 is 32.7. The quantitative estimate of drug-likeness (QED) is 0.0238. The Morgan fingerprint density at radius 3 is 1.40 bits per heavy atom. The van der Waals surface area contributed by atoms with Crippen LogP contribution >= 0.6 is 7.82 Å². The van der Waals surface area contributed by atoms with Crippen LogP contribution in [0.5, 0.6) is 0 Å². The van der Waals surface area contributed by atoms with Crippen molar-refractivity contribution in [3.05, 3.63) is 24.3 Å². The van der Waals surface area contributed by atoms with Gasteiger partial charge in [0, 0.05) is 12.8 Å². The third-order valence-corrected chi connectivity index (χ3v) is 10.0. The molecule has 11 heteroatoms. The van der Waals surface area contributed by atoms with Crippen molar-refractivity contribution in [1.29, 1.82) is 0 Å². The van der Waals surface area contributed by atoms with E-state index in [2.05, 4.69) is 42.7 Å². The van der Waals surface area contributed by atoms with Gasteiger partial charge in [-0.25, -0.2) is 4.57 Å². The van der Waals surface area contributed by atoms with E-state index in [9.17, 15) is 24.2 Å². The number of hydrogen-bond acceptors (Lipinski definition) is 9. The summed E-state index contributed by atoms with van der Waals surface area (Å²) >= 11 is 0. The fourth-order valence-electron chi connectivity index (χ4n) is 5.75. The number of phosphoric ester groups is 1. The summed E-state index contributed by atoms with van der Waals surface area (Å²) in [7, 11) is -4.61. The molecule has 0 spiro atoms. The lowest BCUT2D eigenvalue weighted by molar-refractivity contribution is -0.161. The lowest BCUT2D eigenvalue weighted by atomic mass is 10.1. The Morgan fingerprint density at radius 2 is 0.925 bits per heavy atom. The molecule has 0 rings (SSSR count). The van der Waals surface area contributed by atoms with Crippen LogP contribution in [-0.4, -0.2) is 65.7 Å². The molecular formula is C42H79O10P. The minimum Gasteiger partial charge on any atom is -0.462 e. The van der Waals surface area contributed by atoms with Gasteiger partial charge in [0.15, 0.2) is 6.10 Å². The number of rotatable bonds is 40. The average Bonchev–Trinajstić information content (AvgIpc) is 3.14. The predicted molar refractivity (Wildman–Crippen MR) is 215 cm³/mol. The highest BCUT2D eigenvalue weighted by atomic mass is 31.2. The van der Waals surface area contributed by atoms with Crippen molar-refractivity contribution in [1.82, 2.24) is 0 Å². The van der Waals surface area contributed by atoms with Crippen molar-refractivity contribution in [2.75, 3.05) is 26.4 Å². The second-order valence-electron chi connectivity index (χ2n) is 14.4. The molecule has 0 aromatic rings. The SMILES string of the molecule is CCCCC/C=C\CCCCCCCC(=O)OCC(COP(=O)(O)OCC(O)CO)OC(=O)CCCCCCCCC/C=C\CCCCCCCCC. The van der Waals surface area contributed by atoms with Gasteiger partial charge in [-0.15, -0.1) is 0 Å². The lowest BCUT2D eigenvalue weighted by Gasteiger charge is -2.20. The van der Waals surface area contributed by atoms with E-state index in [1.807, 2.05) is 0 Å². The summed E-state index contributed by atoms with van der Waals surface area (Å²) in [5, 5.41) is 18.3. The van der Waals surface area contributed by atoms with Crippen molar-refractivity contribution < 1.29 is 47.8 Å². The molecule has 0 saturated heterocycles. The highest BCUT2D eigenvalue weighted by molar-refractivity contribution is 7.47. The fraction of sp³-hybridized carbons (Fsp3) is 0.857. The van der Waals surface area contributed by atoms with Crippen LogP contribution in [0.15, 0.2) is 24.3 Å². The van der Waals surface area contributed by atoms with E-state index in [0.29, 0.717) is 12.8 Å². The average molecular weight is 775 g/mol. The molecule has 0 radical (unpaired) electrons. The van der Waals surface area contributed by atoms with E-state index in [1.54, 1.807) is 0 Å². The lowest BCUT2D eigenvalue weighted by Crippen LogP contribution is -2.29. The van der Waals surface area contributed by atoms with Crippen molar-refractivity contribution in [3.8, 4) is 0 Å². The van der Waals surface area contributed by atoms with Crippen LogP contribution in [0.4, 0.5) is 0 Å². The molecule has 312 valence electrons. The number of carbonyl (C=O) groups is 2. The van der Waals surface area contributed by atoms with Crippen molar-refractivity contribution >= 4 is 19.8 Å². The van der Waals surface area contributed by atoms with Gasteiger partial charge in [-0.3, -0.25) is 18.6 Å². The number of allylic oxidation sites excluding steroid dienone is 4. The third kappa shape index (κ3) is 38.5. The van der Waals surface area contributed by atoms with Crippen LogP contribution < -0.4 is 0 Å². The smallest absolute Gasteiger partial charge is 0.462 e. The normalized spacial score (nSPS) is 14.1. The van der Waals surface area contributed by atoms with Crippen molar-refractivity contribution in [3.63, 3.8) is 0 Å². The van der Waals surface area contributed by atoms with Gasteiger partial charge in [-0.1, -0.05) is 141 Å². The molecule has 0 aromatic heterocycles. The second-order valence-corrected chi connectivity index (χ2v) is 15.8. The van der Waals surface area contributed by atoms with Gasteiger partial charge in [0.25, 0.3) is 0 Å². The number of unbranched alkanes of at least 4 members (excludes halogenated alkanes) is 22. The first-order chi connectivity index (χ1) is 25.7. The molecule has 10 nitrogen and oxygen atoms in total. The predicted octanol–water partition coefficient (Wildman–Crippen LogP) is 11.0. The summed E-state index contributed by atoms with van der Waals surface area (Å²) in [5.74, 6) is -0.937. The Kier molecular flexibility index (Phi) is 37.6. The van der Waals surface area contributed by atoms with Gasteiger partial charge >= 0.3 is 19.8 Å². The third-order valence-electron chi connectivity index (χ3n) is 9.08. The number of hydrogen-bond donors (Lipinski definition) is 3. The first kappa shape index (κ1) is 51.5. The Bertz CT molecular complexity index is 941. The number of carbonyl (C=O) groups excluding carboxylic acids is 2. The first-order valence-corrected chi connectivity index (χ1v) is 22.8. The molecule has 53 heavy (non-hydrogen) atoms. The monoisotopic (exact) mass is 775 g/mol. The van der Waals surface area contributed by atoms with Crippen LogP contribution in [0.25, 0.3) is 0 Å². The zero-order valence-electron chi connectivity index (χ0n) is 33.7. The molecule has 0 aromatic carbocycles. The number of esters is 2. The standard InChI is InChI=1S/C42H79O10P/c1-3-5-7-9-11-13-15-17-18-19-20-21-22-24-26-28-30-32-34-42(46)52-40(38-51-53(47,48)50-36-39(44)35-43)37-49-41(45)33-31-29-27-25-23-16-14-12-10-8-6-4-2/h12,14,18-19,39-40,43-44H,3-11,13,15-17,20-38H2,1-2H3,(H,47,48)/b14-12-,19-18-. The van der Waals surface area contributed by atoms with E-state index in [4.69, 9.17) is 19.1 Å². The topological polar surface area (TPSA) is 149 Å². The van der Waals surface area contributed by atoms with Crippen molar-refractivity contribution in [2.45, 2.75) is 206 Å². The molecule has 0 fully saturated rings. The maximum absolute atomic E-state index is 12.6. The Morgan fingerprint density at radius 1 is 0.547 bits per heavy atom. The number of phosphoric acid groups is 1. The van der Waals surface area contributed by atoms with E-state index in [1.165, 1.54) is 89.9 Å². The van der Waals surface area contributed by atoms with Gasteiger partial charge in [-0.05, 0) is 64.2 Å². The van der Waals surface area contributed by atoms with Gasteiger partial charge in [-0.2, -0.15) is 0 Å². The van der Waals surface area contributed by atoms with E-state index in [0.717, 1.165) is 64.2 Å². The largest absolute Gasteiger partial charge is 0.472 e. The first-order valence-electron chi connectivity index (χ1n) is 21.3. The molecule has 0 amide bonds. The highest BCUT2D eigenvalue weighted by Crippen LogP contribution is 2.43. The van der Waals surface area contributed by atoms with Gasteiger partial charge in [0.1, 0.15) is 12.7 Å². The highest BCUT2D eigenvalue weighted by Gasteiger charge is 2.27.